The molecule has 0 saturated carbocycles. The first-order chi connectivity index (χ1) is 9.67. The molecule has 0 unspecified atom stereocenters. The van der Waals surface area contributed by atoms with E-state index in [4.69, 9.17) is 0 Å². The van der Waals surface area contributed by atoms with Crippen molar-refractivity contribution < 1.29 is 0 Å². The molecule has 2 rings (SSSR count). The lowest BCUT2D eigenvalue weighted by Gasteiger charge is -2.10. The van der Waals surface area contributed by atoms with E-state index in [1.807, 2.05) is 6.20 Å². The summed E-state index contributed by atoms with van der Waals surface area (Å²) >= 11 is 6.93. The molecule has 0 amide bonds. The maximum absolute atomic E-state index is 4.35. The summed E-state index contributed by atoms with van der Waals surface area (Å²) in [7, 11) is 1.78. The zero-order valence-corrected chi connectivity index (χ0v) is 14.7. The Morgan fingerprint density at radius 1 is 1.45 bits per heavy atom. The fraction of sp³-hybridized carbons (Fsp3) is 0.385. The fourth-order valence-corrected chi connectivity index (χ4v) is 3.82. The lowest BCUT2D eigenvalue weighted by molar-refractivity contribution is 0.796. The Balaban J connectivity index is 1.72. The van der Waals surface area contributed by atoms with Crippen molar-refractivity contribution in [3.05, 3.63) is 36.9 Å². The highest BCUT2D eigenvalue weighted by Crippen LogP contribution is 2.19. The van der Waals surface area contributed by atoms with Gasteiger partial charge in [0.15, 0.2) is 5.96 Å². The zero-order valence-electron chi connectivity index (χ0n) is 11.4. The van der Waals surface area contributed by atoms with E-state index in [0.717, 1.165) is 35.0 Å². The van der Waals surface area contributed by atoms with Crippen LogP contribution in [0.4, 0.5) is 0 Å². The van der Waals surface area contributed by atoms with Crippen molar-refractivity contribution in [3.63, 3.8) is 0 Å². The van der Waals surface area contributed by atoms with Crippen LogP contribution in [0.3, 0.4) is 0 Å². The van der Waals surface area contributed by atoms with Gasteiger partial charge in [0.2, 0.25) is 0 Å². The topological polar surface area (TPSA) is 49.3 Å². The second-order valence-electron chi connectivity index (χ2n) is 4.20. The number of nitrogens with one attached hydrogen (secondary N) is 2. The quantitative estimate of drug-likeness (QED) is 0.625. The summed E-state index contributed by atoms with van der Waals surface area (Å²) in [6, 6.07) is 2.11. The molecular formula is C13H17BrN4S2. The van der Waals surface area contributed by atoms with Crippen LogP contribution >= 0.6 is 38.6 Å². The van der Waals surface area contributed by atoms with Crippen molar-refractivity contribution in [2.24, 2.45) is 4.99 Å². The molecule has 0 fully saturated rings. The smallest absolute Gasteiger partial charge is 0.191 e. The summed E-state index contributed by atoms with van der Waals surface area (Å²) in [6.07, 6.45) is 2.84. The summed E-state index contributed by atoms with van der Waals surface area (Å²) in [4.78, 5) is 11.1. The van der Waals surface area contributed by atoms with Gasteiger partial charge in [-0.3, -0.25) is 4.99 Å². The zero-order chi connectivity index (χ0) is 14.4. The van der Waals surface area contributed by atoms with Gasteiger partial charge in [-0.2, -0.15) is 0 Å². The van der Waals surface area contributed by atoms with E-state index in [1.165, 1.54) is 9.75 Å². The molecule has 0 bridgehead atoms. The minimum Gasteiger partial charge on any atom is -0.356 e. The molecule has 0 aromatic carbocycles. The van der Waals surface area contributed by atoms with Crippen LogP contribution in [-0.4, -0.2) is 24.5 Å². The number of nitrogens with zero attached hydrogens (tertiary/aromatic N) is 2. The maximum Gasteiger partial charge on any atom is 0.191 e. The predicted molar refractivity (Wildman–Crippen MR) is 90.8 cm³/mol. The van der Waals surface area contributed by atoms with E-state index >= 15 is 0 Å². The van der Waals surface area contributed by atoms with Crippen molar-refractivity contribution >= 4 is 44.6 Å². The number of halogens is 1. The van der Waals surface area contributed by atoms with E-state index in [9.17, 15) is 0 Å². The van der Waals surface area contributed by atoms with Crippen LogP contribution in [0.2, 0.25) is 0 Å². The minimum atomic E-state index is 0.784. The molecule has 20 heavy (non-hydrogen) atoms. The van der Waals surface area contributed by atoms with Gasteiger partial charge in [-0.1, -0.05) is 0 Å². The molecule has 0 aliphatic heterocycles. The number of hydrogen-bond acceptors (Lipinski definition) is 4. The molecule has 108 valence electrons. The van der Waals surface area contributed by atoms with Gasteiger partial charge < -0.3 is 10.6 Å². The second kappa shape index (κ2) is 7.75. The molecule has 0 atom stereocenters. The Bertz CT molecular complexity index is 576. The van der Waals surface area contributed by atoms with E-state index in [2.05, 4.69) is 54.9 Å². The number of thiazole rings is 1. The van der Waals surface area contributed by atoms with Crippen molar-refractivity contribution in [3.8, 4) is 0 Å². The normalized spacial score (nSPS) is 11.7. The SMILES string of the molecule is CN=C(NCCc1ncc(C)s1)NCc1cc(Br)cs1. The maximum atomic E-state index is 4.35. The molecule has 4 nitrogen and oxygen atoms in total. The lowest BCUT2D eigenvalue weighted by Crippen LogP contribution is -2.37. The van der Waals surface area contributed by atoms with Crippen LogP contribution in [-0.2, 0) is 13.0 Å². The summed E-state index contributed by atoms with van der Waals surface area (Å²) in [5.41, 5.74) is 0. The van der Waals surface area contributed by atoms with Crippen LogP contribution in [0.1, 0.15) is 14.8 Å². The van der Waals surface area contributed by atoms with Gasteiger partial charge in [-0.25, -0.2) is 4.98 Å². The summed E-state index contributed by atoms with van der Waals surface area (Å²) in [5, 5.41) is 9.85. The largest absolute Gasteiger partial charge is 0.356 e. The van der Waals surface area contributed by atoms with Crippen molar-refractivity contribution in [1.29, 1.82) is 0 Å². The first-order valence-corrected chi connectivity index (χ1v) is 8.75. The highest BCUT2D eigenvalue weighted by molar-refractivity contribution is 9.10. The molecule has 0 radical (unpaired) electrons. The van der Waals surface area contributed by atoms with Gasteiger partial charge in [0.1, 0.15) is 0 Å². The van der Waals surface area contributed by atoms with Crippen molar-refractivity contribution in [2.75, 3.05) is 13.6 Å². The van der Waals surface area contributed by atoms with Gasteiger partial charge >= 0.3 is 0 Å². The molecule has 2 aromatic rings. The number of aromatic nitrogens is 1. The fourth-order valence-electron chi connectivity index (χ4n) is 1.64. The summed E-state index contributed by atoms with van der Waals surface area (Å²) < 4.78 is 1.13. The van der Waals surface area contributed by atoms with Crippen LogP contribution in [0.5, 0.6) is 0 Å². The van der Waals surface area contributed by atoms with E-state index < -0.39 is 0 Å². The third-order valence-corrected chi connectivity index (χ3v) is 5.25. The molecule has 2 heterocycles. The molecule has 2 N–H and O–H groups in total. The molecule has 0 aliphatic rings. The Morgan fingerprint density at radius 2 is 2.30 bits per heavy atom. The molecule has 2 aromatic heterocycles. The molecule has 0 spiro atoms. The minimum absolute atomic E-state index is 0.784. The van der Waals surface area contributed by atoms with Crippen LogP contribution in [0, 0.1) is 6.92 Å². The number of thiophene rings is 1. The second-order valence-corrected chi connectivity index (χ2v) is 7.43. The van der Waals surface area contributed by atoms with Crippen molar-refractivity contribution in [2.45, 2.75) is 19.9 Å². The highest BCUT2D eigenvalue weighted by atomic mass is 79.9. The Morgan fingerprint density at radius 3 is 2.90 bits per heavy atom. The van der Waals surface area contributed by atoms with Gasteiger partial charge in [-0.05, 0) is 28.9 Å². The molecular weight excluding hydrogens is 356 g/mol. The third-order valence-electron chi connectivity index (χ3n) is 2.58. The summed E-state index contributed by atoms with van der Waals surface area (Å²) in [5.74, 6) is 0.822. The summed E-state index contributed by atoms with van der Waals surface area (Å²) in [6.45, 7) is 3.70. The average molecular weight is 373 g/mol. The predicted octanol–water partition coefficient (Wildman–Crippen LogP) is 3.18. The number of rotatable bonds is 5. The van der Waals surface area contributed by atoms with Gasteiger partial charge in [-0.15, -0.1) is 22.7 Å². The Kier molecular flexibility index (Phi) is 6.00. The standard InChI is InChI=1S/C13H17BrN4S2/c1-9-6-17-12(20-9)3-4-16-13(15-2)18-7-11-5-10(14)8-19-11/h5-6,8H,3-4,7H2,1-2H3,(H2,15,16,18). The first-order valence-electron chi connectivity index (χ1n) is 6.26. The number of hydrogen-bond donors (Lipinski definition) is 2. The number of aryl methyl sites for hydroxylation is 1. The van der Waals surface area contributed by atoms with Crippen molar-refractivity contribution in [1.82, 2.24) is 15.6 Å². The van der Waals surface area contributed by atoms with Gasteiger partial charge in [0.25, 0.3) is 0 Å². The first kappa shape index (κ1) is 15.5. The molecule has 7 heteroatoms. The molecule has 0 saturated heterocycles. The molecule has 0 aliphatic carbocycles. The van der Waals surface area contributed by atoms with Crippen LogP contribution in [0.25, 0.3) is 0 Å². The number of aliphatic imine (C=N–C) groups is 1. The third kappa shape index (κ3) is 4.88. The van der Waals surface area contributed by atoms with Gasteiger partial charge in [0, 0.05) is 45.8 Å². The van der Waals surface area contributed by atoms with E-state index in [1.54, 1.807) is 29.7 Å². The highest BCUT2D eigenvalue weighted by Gasteiger charge is 2.02. The Labute approximate surface area is 135 Å². The van der Waals surface area contributed by atoms with E-state index in [-0.39, 0.29) is 0 Å². The lowest BCUT2D eigenvalue weighted by atomic mass is 10.4. The van der Waals surface area contributed by atoms with Crippen LogP contribution in [0.15, 0.2) is 27.1 Å². The average Bonchev–Trinajstić information content (AvgIpc) is 3.02. The van der Waals surface area contributed by atoms with Gasteiger partial charge in [0.05, 0.1) is 11.6 Å². The number of guanidine groups is 1. The Hall–Kier alpha value is -0.920. The monoisotopic (exact) mass is 372 g/mol. The van der Waals surface area contributed by atoms with E-state index in [0.29, 0.717) is 0 Å². The van der Waals surface area contributed by atoms with Crippen LogP contribution < -0.4 is 10.6 Å².